The van der Waals surface area contributed by atoms with Crippen molar-refractivity contribution in [2.75, 3.05) is 0 Å². The Bertz CT molecular complexity index is 306. The lowest BCUT2D eigenvalue weighted by Gasteiger charge is -2.07. The molecule has 0 aliphatic rings. The van der Waals surface area contributed by atoms with Gasteiger partial charge in [0.15, 0.2) is 5.82 Å². The number of amides is 1. The van der Waals surface area contributed by atoms with Gasteiger partial charge in [-0.15, -0.1) is 10.2 Å². The predicted octanol–water partition coefficient (Wildman–Crippen LogP) is -0.739. The molecule has 1 aromatic heterocycles. The third-order valence-electron chi connectivity index (χ3n) is 1.87. The number of carbonyl (C=O) groups is 1. The molecule has 1 atom stereocenters. The zero-order valence-corrected chi connectivity index (χ0v) is 8.40. The Kier molecular flexibility index (Phi) is 3.58. The minimum absolute atomic E-state index is 0.185. The number of carbonyl (C=O) groups excluding carboxylic acids is 1. The van der Waals surface area contributed by atoms with Crippen molar-refractivity contribution < 1.29 is 4.79 Å². The van der Waals surface area contributed by atoms with E-state index in [0.29, 0.717) is 6.54 Å². The fourth-order valence-electron chi connectivity index (χ4n) is 1.01. The highest BCUT2D eigenvalue weighted by Crippen LogP contribution is 1.93. The molecular weight excluding hydrogens is 182 g/mol. The number of hydrogen-bond donors (Lipinski definition) is 2. The molecule has 3 N–H and O–H groups in total. The third-order valence-corrected chi connectivity index (χ3v) is 1.87. The molecule has 6 heteroatoms. The lowest BCUT2D eigenvalue weighted by atomic mass is 10.3. The fourth-order valence-corrected chi connectivity index (χ4v) is 1.01. The zero-order chi connectivity index (χ0) is 10.6. The van der Waals surface area contributed by atoms with Crippen molar-refractivity contribution in [1.29, 1.82) is 0 Å². The number of aromatic nitrogens is 3. The molecule has 0 spiro atoms. The number of aryl methyl sites for hydroxylation is 1. The SMILES string of the molecule is CCn1cnnc1CNC(=O)C(C)N. The van der Waals surface area contributed by atoms with Crippen molar-refractivity contribution in [2.45, 2.75) is 33.0 Å². The fraction of sp³-hybridized carbons (Fsp3) is 0.625. The molecule has 1 rings (SSSR count). The minimum atomic E-state index is -0.493. The summed E-state index contributed by atoms with van der Waals surface area (Å²) in [4.78, 5) is 11.1. The highest BCUT2D eigenvalue weighted by Gasteiger charge is 2.08. The maximum absolute atomic E-state index is 11.1. The van der Waals surface area contributed by atoms with Gasteiger partial charge < -0.3 is 15.6 Å². The first-order valence-corrected chi connectivity index (χ1v) is 4.55. The number of rotatable bonds is 4. The lowest BCUT2D eigenvalue weighted by molar-refractivity contribution is -0.122. The molecular formula is C8H15N5O. The van der Waals surface area contributed by atoms with Gasteiger partial charge in [0.2, 0.25) is 5.91 Å². The van der Waals surface area contributed by atoms with Crippen molar-refractivity contribution >= 4 is 5.91 Å². The second-order valence-electron chi connectivity index (χ2n) is 3.04. The van der Waals surface area contributed by atoms with Crippen LogP contribution in [0.15, 0.2) is 6.33 Å². The van der Waals surface area contributed by atoms with E-state index in [0.717, 1.165) is 12.4 Å². The summed E-state index contributed by atoms with van der Waals surface area (Å²) in [6.45, 7) is 4.78. The van der Waals surface area contributed by atoms with E-state index in [1.807, 2.05) is 11.5 Å². The van der Waals surface area contributed by atoms with Crippen LogP contribution < -0.4 is 11.1 Å². The molecule has 0 fully saturated rings. The van der Waals surface area contributed by atoms with E-state index >= 15 is 0 Å². The number of nitrogens with one attached hydrogen (secondary N) is 1. The summed E-state index contributed by atoms with van der Waals surface area (Å²) < 4.78 is 1.86. The molecule has 14 heavy (non-hydrogen) atoms. The lowest BCUT2D eigenvalue weighted by Crippen LogP contribution is -2.38. The van der Waals surface area contributed by atoms with Gasteiger partial charge in [0.25, 0.3) is 0 Å². The molecule has 1 aromatic rings. The minimum Gasteiger partial charge on any atom is -0.347 e. The van der Waals surface area contributed by atoms with Crippen LogP contribution >= 0.6 is 0 Å². The summed E-state index contributed by atoms with van der Waals surface area (Å²) >= 11 is 0. The molecule has 1 unspecified atom stereocenters. The normalized spacial score (nSPS) is 12.5. The first-order valence-electron chi connectivity index (χ1n) is 4.55. The first kappa shape index (κ1) is 10.6. The summed E-state index contributed by atoms with van der Waals surface area (Å²) in [5, 5.41) is 10.3. The molecule has 0 aliphatic heterocycles. The molecule has 0 aromatic carbocycles. The molecule has 78 valence electrons. The Hall–Kier alpha value is -1.43. The van der Waals surface area contributed by atoms with Crippen molar-refractivity contribution in [3.63, 3.8) is 0 Å². The van der Waals surface area contributed by atoms with E-state index in [2.05, 4.69) is 15.5 Å². The van der Waals surface area contributed by atoms with Crippen LogP contribution in [0.2, 0.25) is 0 Å². The van der Waals surface area contributed by atoms with Crippen LogP contribution in [-0.4, -0.2) is 26.7 Å². The van der Waals surface area contributed by atoms with Crippen molar-refractivity contribution in [3.8, 4) is 0 Å². The topological polar surface area (TPSA) is 85.8 Å². The summed E-state index contributed by atoms with van der Waals surface area (Å²) in [7, 11) is 0. The summed E-state index contributed by atoms with van der Waals surface area (Å²) in [5.41, 5.74) is 5.39. The molecule has 1 amide bonds. The molecule has 0 radical (unpaired) electrons. The van der Waals surface area contributed by atoms with Crippen molar-refractivity contribution in [2.24, 2.45) is 5.73 Å². The van der Waals surface area contributed by atoms with E-state index in [9.17, 15) is 4.79 Å². The van der Waals surface area contributed by atoms with Gasteiger partial charge in [0, 0.05) is 6.54 Å². The quantitative estimate of drug-likeness (QED) is 0.665. The Morgan fingerprint density at radius 2 is 2.50 bits per heavy atom. The Labute approximate surface area is 82.5 Å². The van der Waals surface area contributed by atoms with Gasteiger partial charge in [0.1, 0.15) is 6.33 Å². The van der Waals surface area contributed by atoms with Crippen LogP contribution in [0.5, 0.6) is 0 Å². The van der Waals surface area contributed by atoms with Gasteiger partial charge >= 0.3 is 0 Å². The summed E-state index contributed by atoms with van der Waals surface area (Å²) in [6.07, 6.45) is 1.63. The van der Waals surface area contributed by atoms with Gasteiger partial charge in [-0.1, -0.05) is 0 Å². The van der Waals surface area contributed by atoms with Crippen LogP contribution in [0.3, 0.4) is 0 Å². The molecule has 0 saturated heterocycles. The molecule has 0 bridgehead atoms. The molecule has 1 heterocycles. The summed E-state index contributed by atoms with van der Waals surface area (Å²) in [6, 6.07) is -0.493. The smallest absolute Gasteiger partial charge is 0.237 e. The number of nitrogens with two attached hydrogens (primary N) is 1. The largest absolute Gasteiger partial charge is 0.347 e. The van der Waals surface area contributed by atoms with Crippen LogP contribution in [0.25, 0.3) is 0 Å². The molecule has 0 aliphatic carbocycles. The maximum atomic E-state index is 11.1. The van der Waals surface area contributed by atoms with E-state index in [1.165, 1.54) is 0 Å². The first-order chi connectivity index (χ1) is 6.65. The van der Waals surface area contributed by atoms with E-state index in [-0.39, 0.29) is 5.91 Å². The zero-order valence-electron chi connectivity index (χ0n) is 8.40. The van der Waals surface area contributed by atoms with Crippen molar-refractivity contribution in [3.05, 3.63) is 12.2 Å². The monoisotopic (exact) mass is 197 g/mol. The standard InChI is InChI=1S/C8H15N5O/c1-3-13-5-11-12-7(13)4-10-8(14)6(2)9/h5-6H,3-4,9H2,1-2H3,(H,10,14). The van der Waals surface area contributed by atoms with Gasteiger partial charge in [-0.05, 0) is 13.8 Å². The van der Waals surface area contributed by atoms with Crippen LogP contribution in [0, 0.1) is 0 Å². The van der Waals surface area contributed by atoms with Crippen LogP contribution in [0.1, 0.15) is 19.7 Å². The van der Waals surface area contributed by atoms with Crippen LogP contribution in [-0.2, 0) is 17.9 Å². The third kappa shape index (κ3) is 2.53. The molecule has 0 saturated carbocycles. The van der Waals surface area contributed by atoms with Gasteiger partial charge in [-0.25, -0.2) is 0 Å². The Balaban J connectivity index is 2.49. The van der Waals surface area contributed by atoms with Crippen LogP contribution in [0.4, 0.5) is 0 Å². The number of hydrogen-bond acceptors (Lipinski definition) is 4. The average molecular weight is 197 g/mol. The highest BCUT2D eigenvalue weighted by molar-refractivity contribution is 5.80. The average Bonchev–Trinajstić information content (AvgIpc) is 2.60. The maximum Gasteiger partial charge on any atom is 0.237 e. The van der Waals surface area contributed by atoms with E-state index < -0.39 is 6.04 Å². The van der Waals surface area contributed by atoms with E-state index in [1.54, 1.807) is 13.3 Å². The second-order valence-corrected chi connectivity index (χ2v) is 3.04. The van der Waals surface area contributed by atoms with Gasteiger partial charge in [0.05, 0.1) is 12.6 Å². The van der Waals surface area contributed by atoms with Gasteiger partial charge in [-0.3, -0.25) is 4.79 Å². The highest BCUT2D eigenvalue weighted by atomic mass is 16.2. The number of nitrogens with zero attached hydrogens (tertiary/aromatic N) is 3. The second kappa shape index (κ2) is 4.71. The Morgan fingerprint density at radius 3 is 3.07 bits per heavy atom. The van der Waals surface area contributed by atoms with Crippen molar-refractivity contribution in [1.82, 2.24) is 20.1 Å². The van der Waals surface area contributed by atoms with E-state index in [4.69, 9.17) is 5.73 Å². The van der Waals surface area contributed by atoms with Gasteiger partial charge in [-0.2, -0.15) is 0 Å². The molecule has 6 nitrogen and oxygen atoms in total. The predicted molar refractivity (Wildman–Crippen MR) is 51.2 cm³/mol. The summed E-state index contributed by atoms with van der Waals surface area (Å²) in [5.74, 6) is 0.553. The Morgan fingerprint density at radius 1 is 1.79 bits per heavy atom.